The summed E-state index contributed by atoms with van der Waals surface area (Å²) in [6, 6.07) is 0. The van der Waals surface area contributed by atoms with E-state index >= 15 is 0 Å². The van der Waals surface area contributed by atoms with Gasteiger partial charge in [-0.2, -0.15) is 5.10 Å². The molecule has 1 aliphatic rings. The van der Waals surface area contributed by atoms with Crippen LogP contribution in [0.4, 0.5) is 5.69 Å². The lowest BCUT2D eigenvalue weighted by atomic mass is 10.1. The molecule has 21 heavy (non-hydrogen) atoms. The monoisotopic (exact) mass is 316 g/mol. The number of nitro groups is 1. The highest BCUT2D eigenvalue weighted by atomic mass is 35.5. The van der Waals surface area contributed by atoms with Gasteiger partial charge < -0.3 is 10.5 Å². The van der Waals surface area contributed by atoms with Gasteiger partial charge in [-0.05, 0) is 12.8 Å². The zero-order valence-corrected chi connectivity index (χ0v) is 12.6. The number of ether oxygens (including phenoxy) is 1. The Morgan fingerprint density at radius 3 is 2.67 bits per heavy atom. The van der Waals surface area contributed by atoms with Crippen LogP contribution < -0.4 is 5.73 Å². The molecule has 1 atom stereocenters. The van der Waals surface area contributed by atoms with Crippen LogP contribution in [-0.2, 0) is 9.92 Å². The average Bonchev–Trinajstić information content (AvgIpc) is 2.81. The van der Waals surface area contributed by atoms with Gasteiger partial charge in [0.25, 0.3) is 5.91 Å². The van der Waals surface area contributed by atoms with Crippen LogP contribution in [0.5, 0.6) is 0 Å². The standard InChI is InChI=1S/C12H17ClN4O4/c1-7(2)9-10(17(19)20)8(11(14)18)15-16(9)12(13)5-3-4-6-21-12/h7H,3-6H2,1-2H3,(H2,14,18). The fraction of sp³-hybridized carbons (Fsp3) is 0.667. The highest BCUT2D eigenvalue weighted by Crippen LogP contribution is 2.40. The number of carbonyl (C=O) groups is 1. The van der Waals surface area contributed by atoms with Crippen LogP contribution in [0.3, 0.4) is 0 Å². The number of rotatable bonds is 4. The van der Waals surface area contributed by atoms with Crippen molar-refractivity contribution in [2.75, 3.05) is 6.61 Å². The van der Waals surface area contributed by atoms with Crippen molar-refractivity contribution < 1.29 is 14.5 Å². The van der Waals surface area contributed by atoms with Crippen LogP contribution in [-0.4, -0.2) is 27.2 Å². The van der Waals surface area contributed by atoms with Crippen LogP contribution >= 0.6 is 11.6 Å². The van der Waals surface area contributed by atoms with E-state index in [0.29, 0.717) is 13.0 Å². The Morgan fingerprint density at radius 2 is 2.24 bits per heavy atom. The van der Waals surface area contributed by atoms with Gasteiger partial charge in [-0.3, -0.25) is 14.9 Å². The highest BCUT2D eigenvalue weighted by Gasteiger charge is 2.42. The Labute approximate surface area is 126 Å². The van der Waals surface area contributed by atoms with E-state index in [-0.39, 0.29) is 11.6 Å². The highest BCUT2D eigenvalue weighted by molar-refractivity contribution is 6.21. The fourth-order valence-electron chi connectivity index (χ4n) is 2.45. The zero-order valence-electron chi connectivity index (χ0n) is 11.8. The predicted octanol–water partition coefficient (Wildman–Crippen LogP) is 2.06. The second-order valence-corrected chi connectivity index (χ2v) is 5.86. The third-order valence-electron chi connectivity index (χ3n) is 3.38. The van der Waals surface area contributed by atoms with Crippen LogP contribution in [0, 0.1) is 10.1 Å². The van der Waals surface area contributed by atoms with Crippen molar-refractivity contribution in [2.45, 2.75) is 44.2 Å². The first-order chi connectivity index (χ1) is 9.78. The van der Waals surface area contributed by atoms with Crippen LogP contribution in [0.2, 0.25) is 0 Å². The van der Waals surface area contributed by atoms with Gasteiger partial charge >= 0.3 is 5.69 Å². The number of nitrogens with two attached hydrogens (primary N) is 1. The molecular formula is C12H17ClN4O4. The topological polar surface area (TPSA) is 113 Å². The number of amides is 1. The molecule has 116 valence electrons. The van der Waals surface area contributed by atoms with Crippen molar-refractivity contribution in [3.8, 4) is 0 Å². The number of hydrogen-bond donors (Lipinski definition) is 1. The van der Waals surface area contributed by atoms with Gasteiger partial charge in [0, 0.05) is 12.3 Å². The lowest BCUT2D eigenvalue weighted by Crippen LogP contribution is -2.36. The molecule has 0 spiro atoms. The smallest absolute Gasteiger partial charge is 0.323 e. The SMILES string of the molecule is CC(C)c1c([N+](=O)[O-])c(C(N)=O)nn1C1(Cl)CCCCO1. The summed E-state index contributed by atoms with van der Waals surface area (Å²) >= 11 is 6.45. The molecule has 1 amide bonds. The summed E-state index contributed by atoms with van der Waals surface area (Å²) in [6.45, 7) is 3.95. The number of hydrogen-bond acceptors (Lipinski definition) is 5. The maximum absolute atomic E-state index is 11.5. The summed E-state index contributed by atoms with van der Waals surface area (Å²) in [5.41, 5.74) is 4.66. The molecule has 0 saturated carbocycles. The first-order valence-corrected chi connectivity index (χ1v) is 7.06. The van der Waals surface area contributed by atoms with Gasteiger partial charge in [0.2, 0.25) is 10.9 Å². The maximum atomic E-state index is 11.5. The van der Waals surface area contributed by atoms with Crippen molar-refractivity contribution >= 4 is 23.2 Å². The molecule has 1 unspecified atom stereocenters. The van der Waals surface area contributed by atoms with Gasteiger partial charge in [0.1, 0.15) is 5.69 Å². The molecule has 1 saturated heterocycles. The molecule has 1 aliphatic heterocycles. The molecule has 9 heteroatoms. The minimum absolute atomic E-state index is 0.241. The molecule has 0 aliphatic carbocycles. The molecule has 2 rings (SSSR count). The summed E-state index contributed by atoms with van der Waals surface area (Å²) in [4.78, 5) is 22.1. The summed E-state index contributed by atoms with van der Waals surface area (Å²) in [6.07, 6.45) is 2.11. The molecular weight excluding hydrogens is 300 g/mol. The van der Waals surface area contributed by atoms with Gasteiger partial charge in [-0.25, -0.2) is 4.68 Å². The van der Waals surface area contributed by atoms with Gasteiger partial charge in [0.15, 0.2) is 0 Å². The van der Waals surface area contributed by atoms with Crippen LogP contribution in [0.25, 0.3) is 0 Å². The van der Waals surface area contributed by atoms with E-state index in [1.54, 1.807) is 13.8 Å². The van der Waals surface area contributed by atoms with Gasteiger partial charge in [0.05, 0.1) is 11.5 Å². The molecule has 0 aromatic carbocycles. The Balaban J connectivity index is 2.68. The quantitative estimate of drug-likeness (QED) is 0.519. The fourth-order valence-corrected chi connectivity index (χ4v) is 2.79. The van der Waals surface area contributed by atoms with E-state index in [1.807, 2.05) is 0 Å². The number of halogens is 1. The minimum atomic E-state index is -1.31. The first-order valence-electron chi connectivity index (χ1n) is 6.68. The Hall–Kier alpha value is -1.67. The maximum Gasteiger partial charge on any atom is 0.323 e. The minimum Gasteiger partial charge on any atom is -0.364 e. The first kappa shape index (κ1) is 15.7. The Bertz CT molecular complexity index is 578. The van der Waals surface area contributed by atoms with Crippen molar-refractivity contribution in [3.63, 3.8) is 0 Å². The van der Waals surface area contributed by atoms with E-state index < -0.39 is 27.4 Å². The second-order valence-electron chi connectivity index (χ2n) is 5.26. The molecule has 0 bridgehead atoms. The van der Waals surface area contributed by atoms with Crippen molar-refractivity contribution in [1.82, 2.24) is 9.78 Å². The number of nitrogens with zero attached hydrogens (tertiary/aromatic N) is 3. The van der Waals surface area contributed by atoms with Gasteiger partial charge in [-0.15, -0.1) is 0 Å². The largest absolute Gasteiger partial charge is 0.364 e. The molecule has 2 heterocycles. The van der Waals surface area contributed by atoms with E-state index in [9.17, 15) is 14.9 Å². The number of aromatic nitrogens is 2. The van der Waals surface area contributed by atoms with E-state index in [1.165, 1.54) is 4.68 Å². The lowest BCUT2D eigenvalue weighted by molar-refractivity contribution is -0.386. The zero-order chi connectivity index (χ0) is 15.8. The third-order valence-corrected chi connectivity index (χ3v) is 3.84. The Morgan fingerprint density at radius 1 is 1.57 bits per heavy atom. The van der Waals surface area contributed by atoms with E-state index in [0.717, 1.165) is 12.8 Å². The molecule has 0 radical (unpaired) electrons. The number of primary amides is 1. The van der Waals surface area contributed by atoms with E-state index in [2.05, 4.69) is 5.10 Å². The van der Waals surface area contributed by atoms with Crippen molar-refractivity contribution in [2.24, 2.45) is 5.73 Å². The molecule has 8 nitrogen and oxygen atoms in total. The number of alkyl halides is 1. The summed E-state index contributed by atoms with van der Waals surface area (Å²) < 4.78 is 6.81. The van der Waals surface area contributed by atoms with Crippen LogP contribution in [0.15, 0.2) is 0 Å². The normalized spacial score (nSPS) is 22.5. The third kappa shape index (κ3) is 2.73. The lowest BCUT2D eigenvalue weighted by Gasteiger charge is -2.32. The van der Waals surface area contributed by atoms with E-state index in [4.69, 9.17) is 22.1 Å². The summed E-state index contributed by atoms with van der Waals surface area (Å²) in [5, 5.41) is 14.0. The van der Waals surface area contributed by atoms with Crippen LogP contribution in [0.1, 0.15) is 55.2 Å². The number of carbonyl (C=O) groups excluding carboxylic acids is 1. The summed E-state index contributed by atoms with van der Waals surface area (Å²) in [7, 11) is 0. The Kier molecular flexibility index (Phi) is 4.20. The van der Waals surface area contributed by atoms with Crippen molar-refractivity contribution in [1.29, 1.82) is 0 Å². The average molecular weight is 317 g/mol. The van der Waals surface area contributed by atoms with Gasteiger partial charge in [-0.1, -0.05) is 25.4 Å². The van der Waals surface area contributed by atoms with Crippen molar-refractivity contribution in [3.05, 3.63) is 21.5 Å². The predicted molar refractivity (Wildman–Crippen MR) is 75.1 cm³/mol. The second kappa shape index (κ2) is 5.61. The molecule has 2 N–H and O–H groups in total. The molecule has 1 aromatic heterocycles. The molecule has 1 aromatic rings. The molecule has 1 fully saturated rings. The summed E-state index contributed by atoms with van der Waals surface area (Å²) in [5.74, 6) is -1.23.